The van der Waals surface area contributed by atoms with Crippen LogP contribution in [0.25, 0.3) is 0 Å². The van der Waals surface area contributed by atoms with E-state index in [4.69, 9.17) is 45.8 Å². The van der Waals surface area contributed by atoms with Crippen LogP contribution in [0.15, 0.2) is 54.1 Å². The zero-order chi connectivity index (χ0) is 66.3. The Morgan fingerprint density at radius 3 is 2.34 bits per heavy atom. The van der Waals surface area contributed by atoms with Crippen molar-refractivity contribution in [3.8, 4) is 11.5 Å². The fourth-order valence-electron chi connectivity index (χ4n) is 10.6. The summed E-state index contributed by atoms with van der Waals surface area (Å²) in [5.41, 5.74) is 2.51. The second-order valence-electron chi connectivity index (χ2n) is 23.4. The molecule has 0 radical (unpaired) electrons. The molecule has 3 heterocycles. The van der Waals surface area contributed by atoms with Gasteiger partial charge in [0.25, 0.3) is 5.91 Å². The largest absolute Gasteiger partial charge is 0.506 e. The second-order valence-corrected chi connectivity index (χ2v) is 24.9. The Balaban J connectivity index is 1.32. The smallest absolute Gasteiger partial charge is 0.409 e. The van der Waals surface area contributed by atoms with E-state index in [1.807, 2.05) is 19.9 Å². The normalized spacial score (nSPS) is 24.3. The van der Waals surface area contributed by atoms with Crippen LogP contribution in [0.3, 0.4) is 0 Å². The first-order valence-electron chi connectivity index (χ1n) is 29.3. The first-order valence-corrected chi connectivity index (χ1v) is 31.9. The number of esters is 1. The fraction of sp³-hybridized carbons (Fsp3) is 0.590. The molecule has 3 aliphatic heterocycles. The number of alkyl halides is 2. The lowest BCUT2D eigenvalue weighted by atomic mass is 9.83. The topological polar surface area (TPSA) is 345 Å². The number of nitrogens with zero attached hydrogens (tertiary/aromatic N) is 2. The Kier molecular flexibility index (Phi) is 26.9. The number of carbonyl (C=O) groups is 9. The van der Waals surface area contributed by atoms with Gasteiger partial charge in [-0.25, -0.2) is 14.4 Å². The molecule has 2 aromatic carbocycles. The van der Waals surface area contributed by atoms with E-state index in [1.165, 1.54) is 52.3 Å². The van der Waals surface area contributed by atoms with Gasteiger partial charge in [-0.05, 0) is 102 Å². The number of primary amides is 1. The summed E-state index contributed by atoms with van der Waals surface area (Å²) < 4.78 is 35.4. The number of phenols is 1. The number of carbonyl (C=O) groups excluding carboxylic acids is 9. The maximum atomic E-state index is 14.5. The molecule has 2 saturated heterocycles. The van der Waals surface area contributed by atoms with Crippen molar-refractivity contribution in [1.82, 2.24) is 26.2 Å². The number of aliphatic hydroxyl groups is 1. The fourth-order valence-corrected chi connectivity index (χ4v) is 12.3. The predicted octanol–water partition coefficient (Wildman–Crippen LogP) is 6.24. The Morgan fingerprint density at radius 2 is 1.72 bits per heavy atom. The number of anilines is 2. The van der Waals surface area contributed by atoms with Crippen LogP contribution in [0.1, 0.15) is 116 Å². The third kappa shape index (κ3) is 19.3. The Hall–Kier alpha value is -6.36. The van der Waals surface area contributed by atoms with Crippen LogP contribution < -0.4 is 42.0 Å². The third-order valence-electron chi connectivity index (χ3n) is 16.2. The van der Waals surface area contributed by atoms with Crippen molar-refractivity contribution in [1.29, 1.82) is 0 Å². The number of allylic oxidation sites excluding steroid dienone is 3. The van der Waals surface area contributed by atoms with Crippen molar-refractivity contribution in [2.75, 3.05) is 55.7 Å². The van der Waals surface area contributed by atoms with Crippen LogP contribution in [-0.2, 0) is 58.9 Å². The number of hydrogen-bond acceptors (Lipinski definition) is 17. The van der Waals surface area contributed by atoms with Gasteiger partial charge < -0.3 is 80.2 Å². The lowest BCUT2D eigenvalue weighted by Crippen LogP contribution is -2.63. The summed E-state index contributed by atoms with van der Waals surface area (Å²) in [5.74, 6) is -5.50. The minimum atomic E-state index is -1.93. The van der Waals surface area contributed by atoms with Crippen molar-refractivity contribution >= 4 is 109 Å². The number of aromatic hydroxyl groups is 1. The molecule has 0 aromatic heterocycles. The number of amides is 8. The van der Waals surface area contributed by atoms with Crippen LogP contribution in [-0.4, -0.2) is 180 Å². The number of urea groups is 1. The quantitative estimate of drug-likeness (QED) is 0.0129. The number of phenolic OH excluding ortho intramolecular Hbond substituents is 1. The maximum absolute atomic E-state index is 14.5. The molecule has 4 bridgehead atoms. The molecule has 3 aliphatic rings. The van der Waals surface area contributed by atoms with Gasteiger partial charge in [0.1, 0.15) is 64.2 Å². The van der Waals surface area contributed by atoms with Crippen molar-refractivity contribution in [2.45, 2.75) is 172 Å². The average molecular weight is 1400 g/mol. The molecule has 0 aliphatic carbocycles. The van der Waals surface area contributed by atoms with E-state index >= 15 is 0 Å². The summed E-state index contributed by atoms with van der Waals surface area (Å²) in [7, 11) is 5.67. The van der Waals surface area contributed by atoms with Crippen molar-refractivity contribution < 1.29 is 81.8 Å². The second kappa shape index (κ2) is 32.6. The number of benzene rings is 2. The molecule has 11 atom stereocenters. The number of likely N-dealkylation sites (N-methyl/N-ethyl adjacent to an activating group) is 1. The Bertz CT molecular complexity index is 2970. The van der Waals surface area contributed by atoms with Crippen molar-refractivity contribution in [2.24, 2.45) is 17.6 Å². The first-order chi connectivity index (χ1) is 41.9. The third-order valence-corrected chi connectivity index (χ3v) is 18.5. The summed E-state index contributed by atoms with van der Waals surface area (Å²) >= 11 is 13.5. The summed E-state index contributed by atoms with van der Waals surface area (Å²) in [5, 5.41) is 36.9. The lowest BCUT2D eigenvalue weighted by Gasteiger charge is -2.42. The molecule has 0 spiro atoms. The van der Waals surface area contributed by atoms with Gasteiger partial charge in [-0.15, -0.1) is 0 Å². The average Bonchev–Trinajstić information content (AvgIpc) is 1.59. The Morgan fingerprint density at radius 1 is 1.02 bits per heavy atom. The van der Waals surface area contributed by atoms with Crippen LogP contribution in [0, 0.1) is 11.8 Å². The van der Waals surface area contributed by atoms with E-state index in [-0.39, 0.29) is 54.6 Å². The zero-order valence-corrected chi connectivity index (χ0v) is 56.0. The van der Waals surface area contributed by atoms with E-state index in [2.05, 4.69) is 58.4 Å². The van der Waals surface area contributed by atoms with Gasteiger partial charge in [0.2, 0.25) is 23.6 Å². The first kappa shape index (κ1) is 73.4. The zero-order valence-electron chi connectivity index (χ0n) is 52.1. The molecule has 89 heavy (non-hydrogen) atoms. The molecule has 8 amide bonds. The number of methoxy groups -OCH3 is 2. The van der Waals surface area contributed by atoms with Gasteiger partial charge in [0.05, 0.1) is 37.1 Å². The van der Waals surface area contributed by atoms with Crippen molar-refractivity contribution in [3.63, 3.8) is 0 Å². The molecule has 5 rings (SSSR count). The highest BCUT2D eigenvalue weighted by Gasteiger charge is 2.64. The van der Waals surface area contributed by atoms with E-state index in [1.54, 1.807) is 52.0 Å². The number of rotatable bonds is 26. The number of nitrogens with one attached hydrogen (secondary N) is 5. The van der Waals surface area contributed by atoms with Gasteiger partial charge in [-0.1, -0.05) is 94.5 Å². The molecular formula is C61H85Br2ClN8O17. The number of unbranched alkanes of at least 4 members (excludes halogenated alkanes) is 1. The van der Waals surface area contributed by atoms with E-state index in [9.17, 15) is 53.4 Å². The number of epoxide rings is 1. The Labute approximate surface area is 540 Å². The number of alkyl carbamates (subject to hydrolysis) is 1. The number of ether oxygens (including phenoxy) is 6. The van der Waals surface area contributed by atoms with Crippen LogP contribution >= 0.6 is 43.5 Å². The molecule has 28 heteroatoms. The van der Waals surface area contributed by atoms with Gasteiger partial charge >= 0.3 is 18.1 Å². The van der Waals surface area contributed by atoms with Gasteiger partial charge in [0.15, 0.2) is 12.0 Å². The molecule has 1 unspecified atom stereocenters. The number of halogens is 3. The standard InChI is InChI=1S/C61H85Br2ClN8O17/c1-33(2)51(69-48(75)20-13-12-17-35(4)88-60(30-62,31-63)32-73)54(78)68-41(18-15-23-66-57(65)81)53(77)67-40-22-21-39(27-43(40)74)55(79)71(8)37(6)56(80)87-47-28-49(76)72(9)42-25-38(26-44(84-10)50(42)64)24-34(3)16-14-19-46(85-11)61(83)29-45(86-58(82)70-61)36(5)52-59(47,7)89-52/h14,16,19,21-22,25-27,32-33,35-37,41,45-47,51-52,74,83H,12-13,15,17-18,20,23-24,28-31H2,1-11H3,(H,67,77)(H,68,78)(H,69,75)(H,70,82)(H3,65,66,81)/b19-14+,34-16+/t35?,36-,37+,41+,45+,46-,47+,51+,52+,59+,61+/m1/s1. The van der Waals surface area contributed by atoms with Gasteiger partial charge in [-0.2, -0.15) is 0 Å². The minimum absolute atomic E-state index is 0.0281. The van der Waals surface area contributed by atoms with E-state index in [0.717, 1.165) is 28.4 Å². The molecular weight excluding hydrogens is 1310 g/mol. The molecule has 0 saturated carbocycles. The molecule has 2 aromatic rings. The van der Waals surface area contributed by atoms with Crippen LogP contribution in [0.4, 0.5) is 21.0 Å². The molecule has 9 N–H and O–H groups in total. The highest BCUT2D eigenvalue weighted by atomic mass is 79.9. The maximum Gasteiger partial charge on any atom is 0.409 e. The van der Waals surface area contributed by atoms with Crippen LogP contribution in [0.5, 0.6) is 11.5 Å². The highest BCUT2D eigenvalue weighted by Crippen LogP contribution is 2.49. The molecule has 2 fully saturated rings. The number of nitrogens with two attached hydrogens (primary N) is 1. The highest BCUT2D eigenvalue weighted by molar-refractivity contribution is 9.10. The summed E-state index contributed by atoms with van der Waals surface area (Å²) in [6, 6.07) is 2.60. The summed E-state index contributed by atoms with van der Waals surface area (Å²) in [6.45, 7) is 12.0. The predicted molar refractivity (Wildman–Crippen MR) is 338 cm³/mol. The molecule has 25 nitrogen and oxygen atoms in total. The van der Waals surface area contributed by atoms with Gasteiger partial charge in [0, 0.05) is 62.7 Å². The number of hydrogen-bond donors (Lipinski definition) is 8. The summed E-state index contributed by atoms with van der Waals surface area (Å²) in [6.07, 6.45) is 2.13. The minimum Gasteiger partial charge on any atom is -0.506 e. The van der Waals surface area contributed by atoms with Gasteiger partial charge in [-0.3, -0.25) is 29.3 Å². The van der Waals surface area contributed by atoms with E-state index < -0.39 is 131 Å². The van der Waals surface area contributed by atoms with E-state index in [0.29, 0.717) is 47.8 Å². The number of fused-ring (bicyclic) bond motifs is 5. The van der Waals surface area contributed by atoms with Crippen LogP contribution in [0.2, 0.25) is 5.02 Å². The van der Waals surface area contributed by atoms with Crippen molar-refractivity contribution in [3.05, 3.63) is 70.3 Å². The summed E-state index contributed by atoms with van der Waals surface area (Å²) in [4.78, 5) is 123. The number of aldehydes is 1. The monoisotopic (exact) mass is 1390 g/mol. The lowest BCUT2D eigenvalue weighted by molar-refractivity contribution is -0.158. The SMILES string of the molecule is COc1cc2cc(c1Cl)N(C)C(=O)C[C@H](OC(=O)[C@H](C)N(C)C(=O)c1ccc(NC(=O)[C@H](CCCNC(N)=O)NC(=O)[C@@H](NC(=O)CCCCC(C)OC(C=O)(CBr)CBr)C(C)C)c(O)c1)[C@]1(C)O[C@H]1[C@H](C)[C@@H]1C[C@@](O)(NC(=O)O1)[C@H](OC)/C=C/C=C(\C)C2. The molecule has 492 valence electrons.